The predicted octanol–water partition coefficient (Wildman–Crippen LogP) is 8.57. The van der Waals surface area contributed by atoms with Crippen molar-refractivity contribution < 1.29 is 4.79 Å². The Hall–Kier alpha value is -4.52. The van der Waals surface area contributed by atoms with Gasteiger partial charge in [-0.25, -0.2) is 4.98 Å². The Morgan fingerprint density at radius 3 is 2.54 bits per heavy atom. The van der Waals surface area contributed by atoms with Crippen molar-refractivity contribution in [3.05, 3.63) is 146 Å². The Bertz CT molecular complexity index is 2180. The predicted molar refractivity (Wildman–Crippen MR) is 186 cm³/mol. The SMILES string of the molecule is O=C(Cc1cccc(-c2cccc(Cl)c2)c1)N1CCCc2nc(C3(c4cccc(-c5csc6ccccc56)c4)CC3)[nH]c(=O)c2C1. The van der Waals surface area contributed by atoms with Gasteiger partial charge in [0.2, 0.25) is 5.91 Å². The van der Waals surface area contributed by atoms with Crippen LogP contribution in [0.3, 0.4) is 0 Å². The fourth-order valence-electron chi connectivity index (χ4n) is 6.85. The molecule has 0 atom stereocenters. The smallest absolute Gasteiger partial charge is 0.256 e. The van der Waals surface area contributed by atoms with E-state index in [-0.39, 0.29) is 29.8 Å². The zero-order valence-corrected chi connectivity index (χ0v) is 26.8. The average Bonchev–Trinajstić information content (AvgIpc) is 3.82. The number of halogens is 1. The standard InChI is InChI=1S/C39H32ClN3O2S/c40-30-12-5-9-27(22-30)26-8-3-7-25(19-26)20-36(44)43-18-6-14-34-32(23-43)37(45)42-38(41-34)39(16-17-39)29-11-4-10-28(21-29)33-24-46-35-15-2-1-13-31(33)35/h1-5,7-13,15,19,21-22,24H,6,14,16-18,20,23H2,(H,41,42,45). The molecule has 6 aromatic rings. The molecule has 2 aliphatic rings. The summed E-state index contributed by atoms with van der Waals surface area (Å²) in [4.78, 5) is 37.3. The number of carbonyl (C=O) groups is 1. The molecule has 1 fully saturated rings. The van der Waals surface area contributed by atoms with Crippen molar-refractivity contribution in [2.75, 3.05) is 6.54 Å². The molecule has 1 aliphatic carbocycles. The summed E-state index contributed by atoms with van der Waals surface area (Å²) in [5.41, 5.74) is 7.59. The van der Waals surface area contributed by atoms with Gasteiger partial charge in [-0.1, -0.05) is 90.5 Å². The molecular formula is C39H32ClN3O2S. The molecule has 228 valence electrons. The van der Waals surface area contributed by atoms with E-state index in [1.165, 1.54) is 26.8 Å². The third kappa shape index (κ3) is 5.36. The first kappa shape index (κ1) is 28.9. The number of fused-ring (bicyclic) bond motifs is 2. The lowest BCUT2D eigenvalue weighted by Gasteiger charge is -2.21. The molecule has 2 aromatic heterocycles. The van der Waals surface area contributed by atoms with Crippen LogP contribution in [0.1, 0.15) is 47.5 Å². The second kappa shape index (κ2) is 11.7. The third-order valence-electron chi connectivity index (χ3n) is 9.50. The quantitative estimate of drug-likeness (QED) is 0.198. The van der Waals surface area contributed by atoms with Crippen molar-refractivity contribution in [1.29, 1.82) is 0 Å². The summed E-state index contributed by atoms with van der Waals surface area (Å²) in [5, 5.41) is 4.17. The molecule has 7 heteroatoms. The Morgan fingerprint density at radius 1 is 0.913 bits per heavy atom. The number of nitrogens with zero attached hydrogens (tertiary/aromatic N) is 2. The van der Waals surface area contributed by atoms with Crippen LogP contribution >= 0.6 is 22.9 Å². The summed E-state index contributed by atoms with van der Waals surface area (Å²) in [7, 11) is 0. The first-order chi connectivity index (χ1) is 22.5. The molecule has 0 radical (unpaired) electrons. The summed E-state index contributed by atoms with van der Waals surface area (Å²) in [6, 6.07) is 33.0. The van der Waals surface area contributed by atoms with Gasteiger partial charge in [0.1, 0.15) is 5.82 Å². The van der Waals surface area contributed by atoms with E-state index < -0.39 is 0 Å². The summed E-state index contributed by atoms with van der Waals surface area (Å²) >= 11 is 7.97. The topological polar surface area (TPSA) is 66.1 Å². The maximum atomic E-state index is 13.7. The minimum absolute atomic E-state index is 0.0102. The van der Waals surface area contributed by atoms with E-state index in [1.807, 2.05) is 53.4 Å². The Balaban J connectivity index is 1.04. The molecule has 0 saturated heterocycles. The highest BCUT2D eigenvalue weighted by Crippen LogP contribution is 2.53. The fourth-order valence-corrected chi connectivity index (χ4v) is 8.01. The molecule has 46 heavy (non-hydrogen) atoms. The summed E-state index contributed by atoms with van der Waals surface area (Å²) < 4.78 is 1.28. The monoisotopic (exact) mass is 641 g/mol. The zero-order valence-electron chi connectivity index (χ0n) is 25.3. The largest absolute Gasteiger partial charge is 0.338 e. The molecular weight excluding hydrogens is 610 g/mol. The van der Waals surface area contributed by atoms with Crippen molar-refractivity contribution in [3.63, 3.8) is 0 Å². The van der Waals surface area contributed by atoms with Crippen LogP contribution in [-0.2, 0) is 29.6 Å². The van der Waals surface area contributed by atoms with Crippen LogP contribution in [-0.4, -0.2) is 27.3 Å². The van der Waals surface area contributed by atoms with Gasteiger partial charge in [-0.3, -0.25) is 9.59 Å². The average molecular weight is 642 g/mol. The number of carbonyl (C=O) groups excluding carboxylic acids is 1. The van der Waals surface area contributed by atoms with E-state index >= 15 is 0 Å². The maximum Gasteiger partial charge on any atom is 0.256 e. The molecule has 1 saturated carbocycles. The molecule has 5 nitrogen and oxygen atoms in total. The van der Waals surface area contributed by atoms with Gasteiger partial charge in [0.05, 0.1) is 29.6 Å². The van der Waals surface area contributed by atoms with Gasteiger partial charge in [0.25, 0.3) is 5.56 Å². The highest BCUT2D eigenvalue weighted by Gasteiger charge is 2.49. The Labute approximate surface area is 276 Å². The van der Waals surface area contributed by atoms with E-state index in [9.17, 15) is 9.59 Å². The number of aromatic amines is 1. The number of hydrogen-bond donors (Lipinski definition) is 1. The normalized spacial score (nSPS) is 15.4. The first-order valence-corrected chi connectivity index (χ1v) is 17.0. The number of aromatic nitrogens is 2. The molecule has 0 bridgehead atoms. The first-order valence-electron chi connectivity index (χ1n) is 15.8. The summed E-state index contributed by atoms with van der Waals surface area (Å²) in [5.74, 6) is 0.761. The van der Waals surface area contributed by atoms with Crippen molar-refractivity contribution in [1.82, 2.24) is 14.9 Å². The number of nitrogens with one attached hydrogen (secondary N) is 1. The van der Waals surface area contributed by atoms with Crippen molar-refractivity contribution >= 4 is 38.9 Å². The number of aryl methyl sites for hydroxylation is 1. The number of rotatable bonds is 6. The number of benzene rings is 4. The number of H-pyrrole nitrogens is 1. The Morgan fingerprint density at radius 2 is 1.70 bits per heavy atom. The second-order valence-electron chi connectivity index (χ2n) is 12.5. The molecule has 1 amide bonds. The van der Waals surface area contributed by atoms with E-state index in [2.05, 4.69) is 58.9 Å². The van der Waals surface area contributed by atoms with E-state index in [1.54, 1.807) is 11.3 Å². The van der Waals surface area contributed by atoms with Crippen LogP contribution in [0.25, 0.3) is 32.3 Å². The lowest BCUT2D eigenvalue weighted by atomic mass is 9.91. The number of amides is 1. The van der Waals surface area contributed by atoms with Crippen molar-refractivity contribution in [2.24, 2.45) is 0 Å². The van der Waals surface area contributed by atoms with Crippen LogP contribution in [0.4, 0.5) is 0 Å². The van der Waals surface area contributed by atoms with Crippen LogP contribution in [0.2, 0.25) is 5.02 Å². The van der Waals surface area contributed by atoms with Gasteiger partial charge in [-0.2, -0.15) is 0 Å². The van der Waals surface area contributed by atoms with E-state index in [4.69, 9.17) is 16.6 Å². The molecule has 1 N–H and O–H groups in total. The highest BCUT2D eigenvalue weighted by molar-refractivity contribution is 7.17. The molecule has 4 aromatic carbocycles. The molecule has 0 unspecified atom stereocenters. The van der Waals surface area contributed by atoms with Gasteiger partial charge >= 0.3 is 0 Å². The van der Waals surface area contributed by atoms with Crippen LogP contribution in [0.15, 0.2) is 107 Å². The Kier molecular flexibility index (Phi) is 7.35. The highest BCUT2D eigenvalue weighted by atomic mass is 35.5. The van der Waals surface area contributed by atoms with E-state index in [0.29, 0.717) is 23.6 Å². The summed E-state index contributed by atoms with van der Waals surface area (Å²) in [6.45, 7) is 0.873. The summed E-state index contributed by atoms with van der Waals surface area (Å²) in [6.07, 6.45) is 3.61. The lowest BCUT2D eigenvalue weighted by molar-refractivity contribution is -0.131. The third-order valence-corrected chi connectivity index (χ3v) is 10.7. The van der Waals surface area contributed by atoms with Crippen molar-refractivity contribution in [2.45, 2.75) is 44.1 Å². The fraction of sp³-hybridized carbons (Fsp3) is 0.205. The molecule has 8 rings (SSSR count). The lowest BCUT2D eigenvalue weighted by Crippen LogP contribution is -2.34. The zero-order chi connectivity index (χ0) is 31.3. The van der Waals surface area contributed by atoms with Crippen molar-refractivity contribution in [3.8, 4) is 22.3 Å². The van der Waals surface area contributed by atoms with Gasteiger partial charge < -0.3 is 9.88 Å². The molecule has 0 spiro atoms. The molecule has 3 heterocycles. The van der Waals surface area contributed by atoms with Crippen LogP contribution in [0, 0.1) is 0 Å². The minimum Gasteiger partial charge on any atom is -0.338 e. The van der Waals surface area contributed by atoms with Gasteiger partial charge in [0, 0.05) is 27.2 Å². The second-order valence-corrected chi connectivity index (χ2v) is 13.8. The maximum absolute atomic E-state index is 13.7. The van der Waals surface area contributed by atoms with Crippen LogP contribution in [0.5, 0.6) is 0 Å². The minimum atomic E-state index is -0.286. The van der Waals surface area contributed by atoms with Crippen LogP contribution < -0.4 is 5.56 Å². The van der Waals surface area contributed by atoms with E-state index in [0.717, 1.165) is 47.5 Å². The molecule has 1 aliphatic heterocycles. The number of thiophene rings is 1. The van der Waals surface area contributed by atoms with Gasteiger partial charge in [-0.05, 0) is 77.1 Å². The van der Waals surface area contributed by atoms with Gasteiger partial charge in [-0.15, -0.1) is 11.3 Å². The number of hydrogen-bond acceptors (Lipinski definition) is 4. The van der Waals surface area contributed by atoms with Gasteiger partial charge in [0.15, 0.2) is 0 Å².